The van der Waals surface area contributed by atoms with Gasteiger partial charge >= 0.3 is 5.97 Å². The Morgan fingerprint density at radius 2 is 2.11 bits per heavy atom. The second-order valence-corrected chi connectivity index (χ2v) is 8.51. The van der Waals surface area contributed by atoms with Gasteiger partial charge in [-0.25, -0.2) is 0 Å². The van der Waals surface area contributed by atoms with Crippen molar-refractivity contribution in [1.82, 2.24) is 4.90 Å². The summed E-state index contributed by atoms with van der Waals surface area (Å²) in [5.74, 6) is 0.196. The SMILES string of the molecule is O=C(O)CCCc1ccc2c(c1)C(=CCCN1CCCC1)c1sccc1CO2. The summed E-state index contributed by atoms with van der Waals surface area (Å²) < 4.78 is 6.10. The van der Waals surface area contributed by atoms with Crippen molar-refractivity contribution >= 4 is 22.9 Å². The van der Waals surface area contributed by atoms with Gasteiger partial charge in [0.25, 0.3) is 0 Å². The van der Waals surface area contributed by atoms with Crippen LogP contribution in [0.2, 0.25) is 0 Å². The molecular weight excluding hydrogens is 370 g/mol. The first-order valence-electron chi connectivity index (χ1n) is 10.2. The predicted molar refractivity (Wildman–Crippen MR) is 113 cm³/mol. The Morgan fingerprint density at radius 3 is 2.93 bits per heavy atom. The fourth-order valence-corrected chi connectivity index (χ4v) is 5.04. The molecule has 1 N–H and O–H groups in total. The summed E-state index contributed by atoms with van der Waals surface area (Å²) in [5.41, 5.74) is 4.85. The highest BCUT2D eigenvalue weighted by atomic mass is 32.1. The van der Waals surface area contributed by atoms with E-state index >= 15 is 0 Å². The van der Waals surface area contributed by atoms with Gasteiger partial charge in [-0.05, 0) is 79.9 Å². The minimum absolute atomic E-state index is 0.210. The molecule has 1 fully saturated rings. The molecule has 0 atom stereocenters. The standard InChI is InChI=1S/C23H27NO3S/c25-22(26)7-3-5-17-8-9-21-20(15-17)19(6-4-13-24-11-1-2-12-24)23-18(16-27-21)10-14-28-23/h6,8-10,14-15H,1-5,7,11-13,16H2,(H,25,26). The van der Waals surface area contributed by atoms with Gasteiger partial charge in [0.1, 0.15) is 12.4 Å². The second kappa shape index (κ2) is 8.93. The van der Waals surface area contributed by atoms with Crippen LogP contribution in [0.1, 0.15) is 53.7 Å². The van der Waals surface area contributed by atoms with Crippen molar-refractivity contribution in [3.05, 3.63) is 57.3 Å². The molecule has 0 amide bonds. The highest BCUT2D eigenvalue weighted by molar-refractivity contribution is 7.11. The number of ether oxygens (including phenoxy) is 1. The Bertz CT molecular complexity index is 864. The van der Waals surface area contributed by atoms with Crippen molar-refractivity contribution in [2.45, 2.75) is 45.1 Å². The summed E-state index contributed by atoms with van der Waals surface area (Å²) in [4.78, 5) is 14.7. The van der Waals surface area contributed by atoms with Crippen LogP contribution in [0.15, 0.2) is 35.7 Å². The van der Waals surface area contributed by atoms with E-state index in [4.69, 9.17) is 9.84 Å². The average molecular weight is 398 g/mol. The molecule has 148 valence electrons. The zero-order chi connectivity index (χ0) is 19.3. The topological polar surface area (TPSA) is 49.8 Å². The molecule has 0 aliphatic carbocycles. The van der Waals surface area contributed by atoms with Crippen LogP contribution in [0.4, 0.5) is 0 Å². The highest BCUT2D eigenvalue weighted by Crippen LogP contribution is 2.40. The van der Waals surface area contributed by atoms with Gasteiger partial charge in [0.2, 0.25) is 0 Å². The smallest absolute Gasteiger partial charge is 0.303 e. The summed E-state index contributed by atoms with van der Waals surface area (Å²) >= 11 is 1.78. The Balaban J connectivity index is 1.59. The molecule has 2 aliphatic heterocycles. The summed E-state index contributed by atoms with van der Waals surface area (Å²) in [6, 6.07) is 8.49. The molecule has 4 nitrogen and oxygen atoms in total. The average Bonchev–Trinajstić information content (AvgIpc) is 3.33. The van der Waals surface area contributed by atoms with Crippen LogP contribution in [0.5, 0.6) is 5.75 Å². The third-order valence-electron chi connectivity index (χ3n) is 5.56. The number of hydrogen-bond donors (Lipinski definition) is 1. The molecule has 1 saturated heterocycles. The molecule has 28 heavy (non-hydrogen) atoms. The second-order valence-electron chi connectivity index (χ2n) is 7.60. The van der Waals surface area contributed by atoms with E-state index in [1.54, 1.807) is 11.3 Å². The summed E-state index contributed by atoms with van der Waals surface area (Å²) in [6.07, 6.45) is 7.70. The fraction of sp³-hybridized carbons (Fsp3) is 0.435. The first-order valence-corrected chi connectivity index (χ1v) is 11.1. The third kappa shape index (κ3) is 4.47. The fourth-order valence-electron chi connectivity index (χ4n) is 4.08. The van der Waals surface area contributed by atoms with Crippen molar-refractivity contribution in [2.75, 3.05) is 19.6 Å². The van der Waals surface area contributed by atoms with E-state index in [2.05, 4.69) is 40.6 Å². The molecule has 3 heterocycles. The minimum Gasteiger partial charge on any atom is -0.488 e. The van der Waals surface area contributed by atoms with Crippen molar-refractivity contribution in [2.24, 2.45) is 0 Å². The van der Waals surface area contributed by atoms with Crippen LogP contribution < -0.4 is 4.74 Å². The van der Waals surface area contributed by atoms with Crippen LogP contribution in [-0.4, -0.2) is 35.6 Å². The highest BCUT2D eigenvalue weighted by Gasteiger charge is 2.21. The van der Waals surface area contributed by atoms with Crippen molar-refractivity contribution in [3.8, 4) is 5.75 Å². The Labute approximate surface area is 170 Å². The van der Waals surface area contributed by atoms with Gasteiger partial charge in [-0.2, -0.15) is 0 Å². The summed E-state index contributed by atoms with van der Waals surface area (Å²) in [7, 11) is 0. The van der Waals surface area contributed by atoms with E-state index in [1.807, 2.05) is 0 Å². The number of nitrogens with zero attached hydrogens (tertiary/aromatic N) is 1. The van der Waals surface area contributed by atoms with Gasteiger partial charge < -0.3 is 14.7 Å². The maximum atomic E-state index is 10.8. The molecule has 0 spiro atoms. The van der Waals surface area contributed by atoms with E-state index in [0.29, 0.717) is 13.0 Å². The summed E-state index contributed by atoms with van der Waals surface area (Å²) in [5, 5.41) is 11.0. The van der Waals surface area contributed by atoms with Crippen LogP contribution in [0.3, 0.4) is 0 Å². The first kappa shape index (κ1) is 19.2. The maximum absolute atomic E-state index is 10.8. The lowest BCUT2D eigenvalue weighted by Gasteiger charge is -2.14. The molecule has 0 radical (unpaired) electrons. The van der Waals surface area contributed by atoms with Crippen molar-refractivity contribution in [1.29, 1.82) is 0 Å². The van der Waals surface area contributed by atoms with Crippen LogP contribution >= 0.6 is 11.3 Å². The molecule has 1 aromatic carbocycles. The monoisotopic (exact) mass is 397 g/mol. The Morgan fingerprint density at radius 1 is 1.25 bits per heavy atom. The normalized spacial score (nSPS) is 17.8. The lowest BCUT2D eigenvalue weighted by molar-refractivity contribution is -0.137. The van der Waals surface area contributed by atoms with Crippen molar-refractivity contribution in [3.63, 3.8) is 0 Å². The number of likely N-dealkylation sites (tertiary alicyclic amines) is 1. The molecule has 5 heteroatoms. The lowest BCUT2D eigenvalue weighted by atomic mass is 9.97. The van der Waals surface area contributed by atoms with Crippen LogP contribution in [0.25, 0.3) is 5.57 Å². The quantitative estimate of drug-likeness (QED) is 0.717. The van der Waals surface area contributed by atoms with Gasteiger partial charge in [0.05, 0.1) is 0 Å². The van der Waals surface area contributed by atoms with E-state index in [0.717, 1.165) is 30.7 Å². The zero-order valence-corrected chi connectivity index (χ0v) is 17.0. The zero-order valence-electron chi connectivity index (χ0n) is 16.2. The number of fused-ring (bicyclic) bond motifs is 2. The lowest BCUT2D eigenvalue weighted by Crippen LogP contribution is -2.19. The van der Waals surface area contributed by atoms with Crippen LogP contribution in [-0.2, 0) is 17.8 Å². The minimum atomic E-state index is -0.733. The molecule has 1 aromatic heterocycles. The van der Waals surface area contributed by atoms with Crippen LogP contribution in [0, 0.1) is 0 Å². The molecule has 0 saturated carbocycles. The van der Waals surface area contributed by atoms with E-state index in [-0.39, 0.29) is 6.42 Å². The van der Waals surface area contributed by atoms with Gasteiger partial charge in [-0.3, -0.25) is 4.79 Å². The van der Waals surface area contributed by atoms with Gasteiger partial charge in [0.15, 0.2) is 0 Å². The number of aryl methyl sites for hydroxylation is 1. The number of carboxylic acids is 1. The summed E-state index contributed by atoms with van der Waals surface area (Å²) in [6.45, 7) is 4.16. The Kier molecular flexibility index (Phi) is 6.13. The van der Waals surface area contributed by atoms with E-state index < -0.39 is 5.97 Å². The number of hydrogen-bond acceptors (Lipinski definition) is 4. The number of thiophene rings is 1. The number of carboxylic acid groups (broad SMARTS) is 1. The molecule has 4 rings (SSSR count). The van der Waals surface area contributed by atoms with E-state index in [1.165, 1.54) is 47.5 Å². The van der Waals surface area contributed by atoms with Gasteiger partial charge in [-0.1, -0.05) is 12.1 Å². The maximum Gasteiger partial charge on any atom is 0.303 e. The van der Waals surface area contributed by atoms with Crippen molar-refractivity contribution < 1.29 is 14.6 Å². The first-order chi connectivity index (χ1) is 13.7. The number of carbonyl (C=O) groups is 1. The predicted octanol–water partition coefficient (Wildman–Crippen LogP) is 4.97. The molecule has 2 aliphatic rings. The molecule has 2 aromatic rings. The number of benzene rings is 1. The molecule has 0 bridgehead atoms. The van der Waals surface area contributed by atoms with Gasteiger partial charge in [0, 0.05) is 29.0 Å². The third-order valence-corrected chi connectivity index (χ3v) is 6.55. The molecular formula is C23H27NO3S. The number of rotatable bonds is 7. The largest absolute Gasteiger partial charge is 0.488 e. The molecule has 0 unspecified atom stereocenters. The van der Waals surface area contributed by atoms with E-state index in [9.17, 15) is 4.79 Å². The van der Waals surface area contributed by atoms with Gasteiger partial charge in [-0.15, -0.1) is 11.3 Å². The number of aliphatic carboxylic acids is 1. The Hall–Kier alpha value is -2.11.